The first-order chi connectivity index (χ1) is 10.9. The number of carbonyl (C=O) groups excluding carboxylic acids is 1. The van der Waals surface area contributed by atoms with Crippen LogP contribution in [-0.4, -0.2) is 18.3 Å². The Morgan fingerprint density at radius 3 is 2.17 bits per heavy atom. The quantitative estimate of drug-likeness (QED) is 0.629. The van der Waals surface area contributed by atoms with E-state index in [0.29, 0.717) is 11.8 Å². The van der Waals surface area contributed by atoms with Gasteiger partial charge in [-0.05, 0) is 36.1 Å². The van der Waals surface area contributed by atoms with Gasteiger partial charge in [0.1, 0.15) is 0 Å². The van der Waals surface area contributed by atoms with Gasteiger partial charge in [0.05, 0.1) is 5.57 Å². The van der Waals surface area contributed by atoms with Crippen LogP contribution in [0.2, 0.25) is 0 Å². The molecule has 120 valence electrons. The number of hydrogen-bond acceptors (Lipinski definition) is 2. The van der Waals surface area contributed by atoms with Crippen LogP contribution in [0.5, 0.6) is 0 Å². The Labute approximate surface area is 136 Å². The zero-order chi connectivity index (χ0) is 16.9. The Balaban J connectivity index is 2.23. The third kappa shape index (κ3) is 4.89. The fourth-order valence-electron chi connectivity index (χ4n) is 1.93. The zero-order valence-corrected chi connectivity index (χ0v) is 13.0. The van der Waals surface area contributed by atoms with Crippen LogP contribution in [0.15, 0.2) is 65.6 Å². The molecule has 0 saturated carbocycles. The number of carbonyl (C=O) groups is 1. The number of rotatable bonds is 4. The summed E-state index contributed by atoms with van der Waals surface area (Å²) in [6.07, 6.45) is -2.12. The molecule has 0 heterocycles. The number of hydrogen-bond donors (Lipinski definition) is 1. The summed E-state index contributed by atoms with van der Waals surface area (Å²) >= 11 is 1.53. The molecule has 0 aliphatic rings. The summed E-state index contributed by atoms with van der Waals surface area (Å²) in [6.45, 7) is 0. The SMILES string of the molecule is CSc1ccc(NC(=O)/C=C(/c2ccccc2)C(F)(F)F)cc1. The van der Waals surface area contributed by atoms with Gasteiger partial charge in [0.2, 0.25) is 5.91 Å². The van der Waals surface area contributed by atoms with E-state index in [4.69, 9.17) is 0 Å². The lowest BCUT2D eigenvalue weighted by Crippen LogP contribution is -2.16. The van der Waals surface area contributed by atoms with Crippen molar-refractivity contribution in [1.82, 2.24) is 0 Å². The molecular formula is C17H14F3NOS. The van der Waals surface area contributed by atoms with Crippen LogP contribution in [-0.2, 0) is 4.79 Å². The molecule has 0 aromatic heterocycles. The molecule has 0 spiro atoms. The number of halogens is 3. The number of amides is 1. The third-order valence-corrected chi connectivity index (χ3v) is 3.77. The van der Waals surface area contributed by atoms with Gasteiger partial charge >= 0.3 is 6.18 Å². The lowest BCUT2D eigenvalue weighted by molar-refractivity contribution is -0.112. The van der Waals surface area contributed by atoms with Crippen LogP contribution in [0.3, 0.4) is 0 Å². The van der Waals surface area contributed by atoms with E-state index in [1.165, 1.54) is 36.0 Å². The number of nitrogens with one attached hydrogen (secondary N) is 1. The highest BCUT2D eigenvalue weighted by atomic mass is 32.2. The highest BCUT2D eigenvalue weighted by Crippen LogP contribution is 2.33. The molecule has 23 heavy (non-hydrogen) atoms. The molecule has 0 aliphatic carbocycles. The molecule has 2 aromatic rings. The second-order valence-corrected chi connectivity index (χ2v) is 5.52. The lowest BCUT2D eigenvalue weighted by atomic mass is 10.1. The minimum Gasteiger partial charge on any atom is -0.322 e. The van der Waals surface area contributed by atoms with Gasteiger partial charge in [-0.15, -0.1) is 11.8 Å². The zero-order valence-electron chi connectivity index (χ0n) is 12.2. The summed E-state index contributed by atoms with van der Waals surface area (Å²) < 4.78 is 39.5. The Bertz CT molecular complexity index is 694. The average Bonchev–Trinajstić information content (AvgIpc) is 2.53. The van der Waals surface area contributed by atoms with Crippen molar-refractivity contribution in [3.63, 3.8) is 0 Å². The Kier molecular flexibility index (Phi) is 5.50. The average molecular weight is 337 g/mol. The molecule has 0 bridgehead atoms. The summed E-state index contributed by atoms with van der Waals surface area (Å²) in [5.74, 6) is -0.821. The van der Waals surface area contributed by atoms with E-state index in [-0.39, 0.29) is 5.56 Å². The van der Waals surface area contributed by atoms with Crippen LogP contribution in [0.25, 0.3) is 5.57 Å². The van der Waals surface area contributed by atoms with E-state index < -0.39 is 17.7 Å². The molecular weight excluding hydrogens is 323 g/mol. The normalized spacial score (nSPS) is 12.1. The molecule has 6 heteroatoms. The Morgan fingerprint density at radius 1 is 1.04 bits per heavy atom. The topological polar surface area (TPSA) is 29.1 Å². The second kappa shape index (κ2) is 7.37. The fraction of sp³-hybridized carbons (Fsp3) is 0.118. The van der Waals surface area contributed by atoms with E-state index in [9.17, 15) is 18.0 Å². The molecule has 1 amide bonds. The van der Waals surface area contributed by atoms with E-state index in [1.54, 1.807) is 30.3 Å². The molecule has 2 rings (SSSR count). The first-order valence-electron chi connectivity index (χ1n) is 6.69. The van der Waals surface area contributed by atoms with Gasteiger partial charge in [0.15, 0.2) is 0 Å². The molecule has 2 nitrogen and oxygen atoms in total. The monoisotopic (exact) mass is 337 g/mol. The summed E-state index contributed by atoms with van der Waals surface area (Å²) in [4.78, 5) is 12.9. The molecule has 0 aliphatic heterocycles. The first kappa shape index (κ1) is 17.1. The van der Waals surface area contributed by atoms with Gasteiger partial charge in [0.25, 0.3) is 0 Å². The minimum atomic E-state index is -4.61. The van der Waals surface area contributed by atoms with Crippen molar-refractivity contribution in [3.05, 3.63) is 66.2 Å². The second-order valence-electron chi connectivity index (χ2n) is 4.64. The number of benzene rings is 2. The largest absolute Gasteiger partial charge is 0.417 e. The first-order valence-corrected chi connectivity index (χ1v) is 7.92. The summed E-state index contributed by atoms with van der Waals surface area (Å²) in [7, 11) is 0. The molecule has 1 N–H and O–H groups in total. The van der Waals surface area contributed by atoms with Crippen LogP contribution in [0, 0.1) is 0 Å². The van der Waals surface area contributed by atoms with Crippen molar-refractivity contribution < 1.29 is 18.0 Å². The van der Waals surface area contributed by atoms with Gasteiger partial charge in [-0.1, -0.05) is 30.3 Å². The maximum absolute atomic E-state index is 13.2. The van der Waals surface area contributed by atoms with Crippen LogP contribution >= 0.6 is 11.8 Å². The number of thioether (sulfide) groups is 1. The van der Waals surface area contributed by atoms with Crippen molar-refractivity contribution in [1.29, 1.82) is 0 Å². The Morgan fingerprint density at radius 2 is 1.65 bits per heavy atom. The van der Waals surface area contributed by atoms with E-state index in [1.807, 2.05) is 6.26 Å². The van der Waals surface area contributed by atoms with Crippen molar-refractivity contribution in [2.45, 2.75) is 11.1 Å². The van der Waals surface area contributed by atoms with Crippen LogP contribution < -0.4 is 5.32 Å². The van der Waals surface area contributed by atoms with E-state index >= 15 is 0 Å². The van der Waals surface area contributed by atoms with Gasteiger partial charge in [-0.3, -0.25) is 4.79 Å². The molecule has 0 unspecified atom stereocenters. The predicted molar refractivity (Wildman–Crippen MR) is 87.3 cm³/mol. The van der Waals surface area contributed by atoms with Crippen molar-refractivity contribution in [3.8, 4) is 0 Å². The number of anilines is 1. The maximum Gasteiger partial charge on any atom is 0.417 e. The van der Waals surface area contributed by atoms with Gasteiger partial charge in [0, 0.05) is 16.7 Å². The van der Waals surface area contributed by atoms with Crippen LogP contribution in [0.1, 0.15) is 5.56 Å². The summed E-state index contributed by atoms with van der Waals surface area (Å²) in [6, 6.07) is 14.1. The van der Waals surface area contributed by atoms with E-state index in [0.717, 1.165) is 4.90 Å². The highest BCUT2D eigenvalue weighted by molar-refractivity contribution is 7.98. The molecule has 0 fully saturated rings. The van der Waals surface area contributed by atoms with Gasteiger partial charge < -0.3 is 5.32 Å². The van der Waals surface area contributed by atoms with Crippen LogP contribution in [0.4, 0.5) is 18.9 Å². The summed E-state index contributed by atoms with van der Waals surface area (Å²) in [5, 5.41) is 2.44. The maximum atomic E-state index is 13.2. The molecule has 0 saturated heterocycles. The van der Waals surface area contributed by atoms with Crippen molar-refractivity contribution in [2.75, 3.05) is 11.6 Å². The Hall–Kier alpha value is -2.21. The van der Waals surface area contributed by atoms with Gasteiger partial charge in [-0.2, -0.15) is 13.2 Å². The predicted octanol–water partition coefficient (Wildman–Crippen LogP) is 4.99. The third-order valence-electron chi connectivity index (χ3n) is 3.02. The fourth-order valence-corrected chi connectivity index (χ4v) is 2.34. The lowest BCUT2D eigenvalue weighted by Gasteiger charge is -2.12. The summed E-state index contributed by atoms with van der Waals surface area (Å²) in [5.41, 5.74) is -0.581. The number of allylic oxidation sites excluding steroid dienone is 1. The standard InChI is InChI=1S/C17H14F3NOS/c1-23-14-9-7-13(8-10-14)21-16(22)11-15(17(18,19)20)12-5-3-2-4-6-12/h2-11H,1H3,(H,21,22)/b15-11-. The minimum absolute atomic E-state index is 0.0483. The van der Waals surface area contributed by atoms with E-state index in [2.05, 4.69) is 5.32 Å². The molecule has 0 radical (unpaired) electrons. The van der Waals surface area contributed by atoms with Crippen molar-refractivity contribution in [2.24, 2.45) is 0 Å². The molecule has 2 aromatic carbocycles. The smallest absolute Gasteiger partial charge is 0.322 e. The van der Waals surface area contributed by atoms with Crippen molar-refractivity contribution >= 4 is 28.9 Å². The van der Waals surface area contributed by atoms with Gasteiger partial charge in [-0.25, -0.2) is 0 Å². The highest BCUT2D eigenvalue weighted by Gasteiger charge is 2.35. The molecule has 0 atom stereocenters. The number of alkyl halides is 3.